The Morgan fingerprint density at radius 1 is 0.773 bits per heavy atom. The second-order valence-corrected chi connectivity index (χ2v) is 5.63. The van der Waals surface area contributed by atoms with E-state index in [-0.39, 0.29) is 31.3 Å². The van der Waals surface area contributed by atoms with Crippen LogP contribution in [0.1, 0.15) is 90.4 Å². The molecular formula is C17H31LiO4. The summed E-state index contributed by atoms with van der Waals surface area (Å²) in [5, 5.41) is 10.2. The van der Waals surface area contributed by atoms with E-state index in [1.54, 1.807) is 0 Å². The third kappa shape index (κ3) is 19.5. The van der Waals surface area contributed by atoms with Gasteiger partial charge >= 0.3 is 24.8 Å². The number of hydrogen-bond acceptors (Lipinski definition) is 4. The van der Waals surface area contributed by atoms with E-state index in [0.29, 0.717) is 19.4 Å². The molecule has 0 aromatic heterocycles. The second kappa shape index (κ2) is 18.6. The third-order valence-electron chi connectivity index (χ3n) is 3.52. The summed E-state index contributed by atoms with van der Waals surface area (Å²) in [6.45, 7) is 2.73. The van der Waals surface area contributed by atoms with E-state index in [1.165, 1.54) is 12.8 Å². The zero-order chi connectivity index (χ0) is 15.8. The molecule has 22 heavy (non-hydrogen) atoms. The number of carboxylic acid groups (broad SMARTS) is 1. The van der Waals surface area contributed by atoms with Gasteiger partial charge in [-0.05, 0) is 25.7 Å². The van der Waals surface area contributed by atoms with Gasteiger partial charge in [0.25, 0.3) is 0 Å². The van der Waals surface area contributed by atoms with Crippen LogP contribution in [-0.4, -0.2) is 18.5 Å². The minimum Gasteiger partial charge on any atom is -0.550 e. The largest absolute Gasteiger partial charge is 1.00 e. The fourth-order valence-corrected chi connectivity index (χ4v) is 2.21. The summed E-state index contributed by atoms with van der Waals surface area (Å²) in [6, 6.07) is 0. The first-order valence-electron chi connectivity index (χ1n) is 8.52. The maximum absolute atomic E-state index is 11.4. The Morgan fingerprint density at radius 3 is 1.82 bits per heavy atom. The van der Waals surface area contributed by atoms with E-state index < -0.39 is 5.97 Å². The molecule has 0 aliphatic heterocycles. The van der Waals surface area contributed by atoms with Crippen molar-refractivity contribution in [3.63, 3.8) is 0 Å². The van der Waals surface area contributed by atoms with Gasteiger partial charge < -0.3 is 14.6 Å². The fourth-order valence-electron chi connectivity index (χ4n) is 2.21. The second-order valence-electron chi connectivity index (χ2n) is 5.63. The monoisotopic (exact) mass is 306 g/mol. The quantitative estimate of drug-likeness (QED) is 0.249. The van der Waals surface area contributed by atoms with Crippen LogP contribution in [0.25, 0.3) is 0 Å². The molecule has 0 fully saturated rings. The summed E-state index contributed by atoms with van der Waals surface area (Å²) < 4.78 is 5.17. The van der Waals surface area contributed by atoms with E-state index in [4.69, 9.17) is 4.74 Å². The van der Waals surface area contributed by atoms with Crippen LogP contribution in [0.4, 0.5) is 0 Å². The summed E-state index contributed by atoms with van der Waals surface area (Å²) in [5.74, 6) is -1.02. The molecule has 4 nitrogen and oxygen atoms in total. The Bertz CT molecular complexity index is 269. The molecule has 0 aliphatic carbocycles. The smallest absolute Gasteiger partial charge is 0.550 e. The molecule has 0 aromatic carbocycles. The van der Waals surface area contributed by atoms with Crippen molar-refractivity contribution in [3.8, 4) is 0 Å². The van der Waals surface area contributed by atoms with Gasteiger partial charge in [-0.2, -0.15) is 0 Å². The maximum atomic E-state index is 11.4. The molecular weight excluding hydrogens is 275 g/mol. The van der Waals surface area contributed by atoms with Crippen molar-refractivity contribution in [2.24, 2.45) is 0 Å². The molecule has 5 heteroatoms. The third-order valence-corrected chi connectivity index (χ3v) is 3.52. The molecule has 0 atom stereocenters. The van der Waals surface area contributed by atoms with Gasteiger partial charge in [0.1, 0.15) is 0 Å². The van der Waals surface area contributed by atoms with Crippen molar-refractivity contribution in [1.29, 1.82) is 0 Å². The van der Waals surface area contributed by atoms with Crippen molar-refractivity contribution in [3.05, 3.63) is 0 Å². The van der Waals surface area contributed by atoms with E-state index >= 15 is 0 Å². The molecule has 0 saturated carbocycles. The SMILES string of the molecule is CCCCCCOC(=O)CCCCCCCCCC(=O)[O-].[Li+]. The molecule has 0 bridgehead atoms. The molecule has 0 radical (unpaired) electrons. The Kier molecular flexibility index (Phi) is 20.1. The number of carboxylic acids is 1. The fraction of sp³-hybridized carbons (Fsp3) is 0.882. The topological polar surface area (TPSA) is 66.4 Å². The number of ether oxygens (including phenoxy) is 1. The Balaban J connectivity index is 0. The molecule has 0 spiro atoms. The van der Waals surface area contributed by atoms with Crippen LogP contribution < -0.4 is 24.0 Å². The number of rotatable bonds is 15. The van der Waals surface area contributed by atoms with Gasteiger partial charge in [0.2, 0.25) is 0 Å². The molecule has 0 saturated heterocycles. The average Bonchev–Trinajstić information content (AvgIpc) is 2.45. The first-order chi connectivity index (χ1) is 10.2. The van der Waals surface area contributed by atoms with Gasteiger partial charge in [-0.1, -0.05) is 58.3 Å². The first-order valence-corrected chi connectivity index (χ1v) is 8.52. The standard InChI is InChI=1S/C17H32O4.Li/c1-2-3-4-12-15-21-17(20)14-11-9-7-5-6-8-10-13-16(18)19;/h2-15H2,1H3,(H,18,19);/q;+1/p-1. The van der Waals surface area contributed by atoms with Gasteiger partial charge in [0, 0.05) is 12.4 Å². The van der Waals surface area contributed by atoms with Crippen LogP contribution in [0.15, 0.2) is 0 Å². The Morgan fingerprint density at radius 2 is 1.27 bits per heavy atom. The number of esters is 1. The predicted molar refractivity (Wildman–Crippen MR) is 81.7 cm³/mol. The maximum Gasteiger partial charge on any atom is 1.00 e. The number of aliphatic carboxylic acids is 1. The summed E-state index contributed by atoms with van der Waals surface area (Å²) >= 11 is 0. The van der Waals surface area contributed by atoms with E-state index in [2.05, 4.69) is 6.92 Å². The summed E-state index contributed by atoms with van der Waals surface area (Å²) in [4.78, 5) is 21.6. The van der Waals surface area contributed by atoms with Gasteiger partial charge in [0.05, 0.1) is 6.61 Å². The van der Waals surface area contributed by atoms with Crippen LogP contribution in [0, 0.1) is 0 Å². The van der Waals surface area contributed by atoms with Crippen molar-refractivity contribution in [2.45, 2.75) is 90.4 Å². The predicted octanol–water partition coefficient (Wildman–Crippen LogP) is 0.375. The Labute approximate surface area is 147 Å². The van der Waals surface area contributed by atoms with Crippen LogP contribution in [-0.2, 0) is 14.3 Å². The first kappa shape index (κ1) is 23.8. The molecule has 0 aromatic rings. The van der Waals surface area contributed by atoms with Gasteiger partial charge in [0.15, 0.2) is 0 Å². The zero-order valence-corrected chi connectivity index (χ0v) is 14.5. The Hall–Kier alpha value is -0.463. The van der Waals surface area contributed by atoms with Crippen molar-refractivity contribution < 1.29 is 38.3 Å². The van der Waals surface area contributed by atoms with Crippen LogP contribution in [0.5, 0.6) is 0 Å². The van der Waals surface area contributed by atoms with Gasteiger partial charge in [-0.3, -0.25) is 4.79 Å². The molecule has 0 aliphatic rings. The molecule has 124 valence electrons. The number of carbonyl (C=O) groups is 2. The molecule has 0 unspecified atom stereocenters. The summed E-state index contributed by atoms with van der Waals surface area (Å²) in [5.41, 5.74) is 0. The van der Waals surface area contributed by atoms with E-state index in [1.807, 2.05) is 0 Å². The molecule has 0 amide bonds. The molecule has 0 N–H and O–H groups in total. The van der Waals surface area contributed by atoms with Crippen LogP contribution in [0.3, 0.4) is 0 Å². The number of unbranched alkanes of at least 4 members (excludes halogenated alkanes) is 9. The number of carbonyl (C=O) groups excluding carboxylic acids is 2. The van der Waals surface area contributed by atoms with E-state index in [0.717, 1.165) is 51.4 Å². The average molecular weight is 306 g/mol. The van der Waals surface area contributed by atoms with Crippen molar-refractivity contribution in [2.75, 3.05) is 6.61 Å². The van der Waals surface area contributed by atoms with Gasteiger partial charge in [-0.15, -0.1) is 0 Å². The van der Waals surface area contributed by atoms with Gasteiger partial charge in [-0.25, -0.2) is 0 Å². The summed E-state index contributed by atoms with van der Waals surface area (Å²) in [7, 11) is 0. The van der Waals surface area contributed by atoms with Crippen molar-refractivity contribution >= 4 is 11.9 Å². The zero-order valence-electron chi connectivity index (χ0n) is 14.5. The van der Waals surface area contributed by atoms with Crippen molar-refractivity contribution in [1.82, 2.24) is 0 Å². The number of hydrogen-bond donors (Lipinski definition) is 0. The van der Waals surface area contributed by atoms with Crippen LogP contribution in [0.2, 0.25) is 0 Å². The normalized spacial score (nSPS) is 10.0. The van der Waals surface area contributed by atoms with Crippen LogP contribution >= 0.6 is 0 Å². The summed E-state index contributed by atoms with van der Waals surface area (Å²) in [6.07, 6.45) is 12.1. The minimum absolute atomic E-state index is 0. The molecule has 0 rings (SSSR count). The van der Waals surface area contributed by atoms with E-state index in [9.17, 15) is 14.7 Å². The molecule has 0 heterocycles. The minimum atomic E-state index is -0.955.